The van der Waals surface area contributed by atoms with Crippen LogP contribution in [0.5, 0.6) is 0 Å². The van der Waals surface area contributed by atoms with Crippen LogP contribution in [0.3, 0.4) is 0 Å². The van der Waals surface area contributed by atoms with Crippen molar-refractivity contribution < 1.29 is 0 Å². The van der Waals surface area contributed by atoms with E-state index in [4.69, 9.17) is 0 Å². The van der Waals surface area contributed by atoms with Gasteiger partial charge in [0.05, 0.1) is 6.20 Å². The van der Waals surface area contributed by atoms with Gasteiger partial charge in [-0.3, -0.25) is 5.10 Å². The second kappa shape index (κ2) is 5.79. The largest absolute Gasteiger partial charge is 0.285 e. The van der Waals surface area contributed by atoms with E-state index in [1.807, 2.05) is 12.4 Å². The Morgan fingerprint density at radius 1 is 1.38 bits per heavy atom. The average Bonchev–Trinajstić information content (AvgIpc) is 2.65. The minimum atomic E-state index is 0.663. The molecule has 0 aliphatic rings. The molecular formula is C11H20N2. The van der Waals surface area contributed by atoms with Gasteiger partial charge >= 0.3 is 0 Å². The smallest absolute Gasteiger partial charge is 0.0521 e. The molecule has 1 heterocycles. The summed E-state index contributed by atoms with van der Waals surface area (Å²) in [6, 6.07) is 0. The first-order valence-corrected chi connectivity index (χ1v) is 5.33. The van der Waals surface area contributed by atoms with E-state index in [1.165, 1.54) is 37.7 Å². The number of unbranched alkanes of at least 4 members (excludes halogenated alkanes) is 3. The number of nitrogens with one attached hydrogen (secondary N) is 1. The number of aromatic amines is 1. The van der Waals surface area contributed by atoms with Gasteiger partial charge in [0.15, 0.2) is 0 Å². The zero-order valence-electron chi connectivity index (χ0n) is 8.71. The fourth-order valence-electron chi connectivity index (χ4n) is 1.57. The number of H-pyrrole nitrogens is 1. The van der Waals surface area contributed by atoms with Crippen molar-refractivity contribution in [2.45, 2.75) is 51.9 Å². The average molecular weight is 180 g/mol. The van der Waals surface area contributed by atoms with Gasteiger partial charge in [-0.2, -0.15) is 5.10 Å². The van der Waals surface area contributed by atoms with Gasteiger partial charge in [0, 0.05) is 6.20 Å². The molecule has 0 fully saturated rings. The van der Waals surface area contributed by atoms with E-state index in [9.17, 15) is 0 Å². The first kappa shape index (κ1) is 10.3. The maximum absolute atomic E-state index is 3.96. The Balaban J connectivity index is 2.15. The Morgan fingerprint density at radius 2 is 2.23 bits per heavy atom. The molecule has 2 nitrogen and oxygen atoms in total. The molecule has 2 heteroatoms. The third-order valence-corrected chi connectivity index (χ3v) is 2.58. The molecule has 1 atom stereocenters. The SMILES string of the molecule is CCCCCCC(C)c1cn[nH]c1. The first-order valence-electron chi connectivity index (χ1n) is 5.33. The molecular weight excluding hydrogens is 160 g/mol. The molecule has 1 rings (SSSR count). The van der Waals surface area contributed by atoms with E-state index in [0.29, 0.717) is 5.92 Å². The molecule has 0 radical (unpaired) electrons. The summed E-state index contributed by atoms with van der Waals surface area (Å²) in [6.07, 6.45) is 10.6. The molecule has 0 saturated heterocycles. The highest BCUT2D eigenvalue weighted by molar-refractivity contribution is 5.08. The molecule has 0 aromatic carbocycles. The molecule has 0 aliphatic carbocycles. The Labute approximate surface area is 80.7 Å². The van der Waals surface area contributed by atoms with Crippen LogP contribution in [-0.2, 0) is 0 Å². The lowest BCUT2D eigenvalue weighted by atomic mass is 9.98. The fourth-order valence-corrected chi connectivity index (χ4v) is 1.57. The van der Waals surface area contributed by atoms with Crippen molar-refractivity contribution in [1.82, 2.24) is 10.2 Å². The van der Waals surface area contributed by atoms with Gasteiger partial charge in [0.25, 0.3) is 0 Å². The molecule has 0 amide bonds. The van der Waals surface area contributed by atoms with E-state index in [2.05, 4.69) is 24.0 Å². The summed E-state index contributed by atoms with van der Waals surface area (Å²) in [7, 11) is 0. The maximum atomic E-state index is 3.96. The molecule has 1 aromatic rings. The Bertz CT molecular complexity index is 204. The summed E-state index contributed by atoms with van der Waals surface area (Å²) in [5.74, 6) is 0.663. The molecule has 1 unspecified atom stereocenters. The Hall–Kier alpha value is -0.790. The predicted octanol–water partition coefficient (Wildman–Crippen LogP) is 3.48. The molecule has 0 spiro atoms. The van der Waals surface area contributed by atoms with E-state index in [0.717, 1.165) is 0 Å². The number of hydrogen-bond donors (Lipinski definition) is 1. The molecule has 0 saturated carbocycles. The van der Waals surface area contributed by atoms with Crippen LogP contribution in [0.25, 0.3) is 0 Å². The Morgan fingerprint density at radius 3 is 2.85 bits per heavy atom. The molecule has 0 bridgehead atoms. The van der Waals surface area contributed by atoms with Crippen molar-refractivity contribution in [2.75, 3.05) is 0 Å². The standard InChI is InChI=1S/C11H20N2/c1-3-4-5-6-7-10(2)11-8-12-13-9-11/h8-10H,3-7H2,1-2H3,(H,12,13). The quantitative estimate of drug-likeness (QED) is 0.667. The molecule has 1 aromatic heterocycles. The van der Waals surface area contributed by atoms with Gasteiger partial charge in [-0.15, -0.1) is 0 Å². The van der Waals surface area contributed by atoms with Crippen LogP contribution in [0.4, 0.5) is 0 Å². The summed E-state index contributed by atoms with van der Waals surface area (Å²) in [5, 5.41) is 6.82. The molecule has 74 valence electrons. The highest BCUT2D eigenvalue weighted by Crippen LogP contribution is 2.20. The number of hydrogen-bond acceptors (Lipinski definition) is 1. The highest BCUT2D eigenvalue weighted by atomic mass is 15.1. The minimum Gasteiger partial charge on any atom is -0.285 e. The van der Waals surface area contributed by atoms with Crippen LogP contribution in [0.15, 0.2) is 12.4 Å². The lowest BCUT2D eigenvalue weighted by molar-refractivity contribution is 0.580. The normalized spacial score (nSPS) is 13.1. The number of nitrogens with zero attached hydrogens (tertiary/aromatic N) is 1. The summed E-state index contributed by atoms with van der Waals surface area (Å²) in [6.45, 7) is 4.52. The van der Waals surface area contributed by atoms with Crippen LogP contribution in [0.2, 0.25) is 0 Å². The van der Waals surface area contributed by atoms with E-state index in [-0.39, 0.29) is 0 Å². The van der Waals surface area contributed by atoms with Crippen molar-refractivity contribution in [3.63, 3.8) is 0 Å². The van der Waals surface area contributed by atoms with Gasteiger partial charge in [0.2, 0.25) is 0 Å². The topological polar surface area (TPSA) is 28.7 Å². The summed E-state index contributed by atoms with van der Waals surface area (Å²) >= 11 is 0. The second-order valence-electron chi connectivity index (χ2n) is 3.78. The van der Waals surface area contributed by atoms with Crippen LogP contribution in [0.1, 0.15) is 57.4 Å². The van der Waals surface area contributed by atoms with Gasteiger partial charge in [0.1, 0.15) is 0 Å². The summed E-state index contributed by atoms with van der Waals surface area (Å²) in [5.41, 5.74) is 1.34. The monoisotopic (exact) mass is 180 g/mol. The lowest BCUT2D eigenvalue weighted by Crippen LogP contribution is -1.91. The first-order chi connectivity index (χ1) is 6.34. The van der Waals surface area contributed by atoms with Gasteiger partial charge in [-0.1, -0.05) is 39.5 Å². The summed E-state index contributed by atoms with van der Waals surface area (Å²) in [4.78, 5) is 0. The fraction of sp³-hybridized carbons (Fsp3) is 0.727. The summed E-state index contributed by atoms with van der Waals surface area (Å²) < 4.78 is 0. The van der Waals surface area contributed by atoms with E-state index >= 15 is 0 Å². The lowest BCUT2D eigenvalue weighted by Gasteiger charge is -2.07. The highest BCUT2D eigenvalue weighted by Gasteiger charge is 2.05. The predicted molar refractivity (Wildman–Crippen MR) is 55.8 cm³/mol. The van der Waals surface area contributed by atoms with Gasteiger partial charge in [-0.25, -0.2) is 0 Å². The van der Waals surface area contributed by atoms with Crippen molar-refractivity contribution in [2.24, 2.45) is 0 Å². The third-order valence-electron chi connectivity index (χ3n) is 2.58. The molecule has 1 N–H and O–H groups in total. The zero-order chi connectivity index (χ0) is 9.52. The second-order valence-corrected chi connectivity index (χ2v) is 3.78. The van der Waals surface area contributed by atoms with Crippen molar-refractivity contribution in [1.29, 1.82) is 0 Å². The van der Waals surface area contributed by atoms with E-state index in [1.54, 1.807) is 0 Å². The van der Waals surface area contributed by atoms with Crippen LogP contribution in [0, 0.1) is 0 Å². The number of aromatic nitrogens is 2. The van der Waals surface area contributed by atoms with Crippen molar-refractivity contribution >= 4 is 0 Å². The van der Waals surface area contributed by atoms with Crippen LogP contribution >= 0.6 is 0 Å². The van der Waals surface area contributed by atoms with Crippen LogP contribution in [-0.4, -0.2) is 10.2 Å². The maximum Gasteiger partial charge on any atom is 0.0521 e. The number of rotatable bonds is 6. The van der Waals surface area contributed by atoms with E-state index < -0.39 is 0 Å². The minimum absolute atomic E-state index is 0.663. The third kappa shape index (κ3) is 3.62. The molecule has 0 aliphatic heterocycles. The van der Waals surface area contributed by atoms with Crippen molar-refractivity contribution in [3.05, 3.63) is 18.0 Å². The zero-order valence-corrected chi connectivity index (χ0v) is 8.71. The molecule has 13 heavy (non-hydrogen) atoms. The Kier molecular flexibility index (Phi) is 4.58. The van der Waals surface area contributed by atoms with Crippen molar-refractivity contribution in [3.8, 4) is 0 Å². The van der Waals surface area contributed by atoms with Gasteiger partial charge in [-0.05, 0) is 17.9 Å². The van der Waals surface area contributed by atoms with Crippen LogP contribution < -0.4 is 0 Å². The van der Waals surface area contributed by atoms with Gasteiger partial charge < -0.3 is 0 Å².